The van der Waals surface area contributed by atoms with Gasteiger partial charge in [0.05, 0.1) is 11.5 Å². The molecule has 22 heavy (non-hydrogen) atoms. The van der Waals surface area contributed by atoms with Gasteiger partial charge in [-0.15, -0.1) is 0 Å². The summed E-state index contributed by atoms with van der Waals surface area (Å²) in [5.74, 6) is 0.921. The zero-order valence-corrected chi connectivity index (χ0v) is 12.5. The standard InChI is InChI=1S/C16H15N3O3/c1-8-6-12-14(16(20)19(8)3)13(10(7-17)15(18)22-12)11-5-4-9(2)21-11/h4-6,13H,18H2,1-3H3. The Hall–Kier alpha value is -2.94. The summed E-state index contributed by atoms with van der Waals surface area (Å²) in [5, 5.41) is 9.42. The zero-order chi connectivity index (χ0) is 16.0. The van der Waals surface area contributed by atoms with Crippen molar-refractivity contribution in [2.75, 3.05) is 0 Å². The predicted molar refractivity (Wildman–Crippen MR) is 79.2 cm³/mol. The van der Waals surface area contributed by atoms with Crippen LogP contribution >= 0.6 is 0 Å². The molecule has 1 atom stereocenters. The summed E-state index contributed by atoms with van der Waals surface area (Å²) in [4.78, 5) is 12.7. The van der Waals surface area contributed by atoms with E-state index >= 15 is 0 Å². The molecule has 6 heteroatoms. The Labute approximate surface area is 127 Å². The predicted octanol–water partition coefficient (Wildman–Crippen LogP) is 1.81. The minimum Gasteiger partial charge on any atom is -0.465 e. The second-order valence-electron chi connectivity index (χ2n) is 5.30. The summed E-state index contributed by atoms with van der Waals surface area (Å²) < 4.78 is 12.6. The third-order valence-corrected chi connectivity index (χ3v) is 3.90. The SMILES string of the molecule is Cc1ccc(C2C(C#N)=C(N)Oc3cc(C)n(C)c(=O)c32)o1. The van der Waals surface area contributed by atoms with E-state index < -0.39 is 5.92 Å². The first-order chi connectivity index (χ1) is 10.4. The normalized spacial score (nSPS) is 16.9. The Balaban J connectivity index is 2.35. The molecule has 2 aromatic rings. The number of hydrogen-bond acceptors (Lipinski definition) is 5. The molecular weight excluding hydrogens is 282 g/mol. The van der Waals surface area contributed by atoms with Crippen LogP contribution in [0, 0.1) is 25.2 Å². The van der Waals surface area contributed by atoms with E-state index in [1.54, 1.807) is 39.1 Å². The largest absolute Gasteiger partial charge is 0.465 e. The van der Waals surface area contributed by atoms with Crippen molar-refractivity contribution in [3.8, 4) is 11.8 Å². The van der Waals surface area contributed by atoms with Crippen LogP contribution in [0.15, 0.2) is 38.9 Å². The zero-order valence-electron chi connectivity index (χ0n) is 12.5. The van der Waals surface area contributed by atoms with E-state index in [0.29, 0.717) is 22.8 Å². The highest BCUT2D eigenvalue weighted by Crippen LogP contribution is 2.40. The van der Waals surface area contributed by atoms with E-state index in [-0.39, 0.29) is 17.0 Å². The fourth-order valence-electron chi connectivity index (χ4n) is 2.63. The number of aryl methyl sites for hydroxylation is 2. The van der Waals surface area contributed by atoms with Gasteiger partial charge >= 0.3 is 0 Å². The lowest BCUT2D eigenvalue weighted by Gasteiger charge is -2.25. The quantitative estimate of drug-likeness (QED) is 0.866. The van der Waals surface area contributed by atoms with E-state index in [4.69, 9.17) is 14.9 Å². The molecule has 0 aliphatic carbocycles. The molecule has 0 aromatic carbocycles. The first-order valence-electron chi connectivity index (χ1n) is 6.78. The van der Waals surface area contributed by atoms with Gasteiger partial charge < -0.3 is 19.5 Å². The van der Waals surface area contributed by atoms with Gasteiger partial charge in [-0.05, 0) is 26.0 Å². The number of ether oxygens (including phenoxy) is 1. The van der Waals surface area contributed by atoms with Crippen LogP contribution in [0.5, 0.6) is 5.75 Å². The van der Waals surface area contributed by atoms with E-state index in [9.17, 15) is 10.1 Å². The fraction of sp³-hybridized carbons (Fsp3) is 0.250. The Kier molecular flexibility index (Phi) is 3.06. The summed E-state index contributed by atoms with van der Waals surface area (Å²) in [6.45, 7) is 3.60. The van der Waals surface area contributed by atoms with E-state index in [1.807, 2.05) is 6.07 Å². The number of rotatable bonds is 1. The van der Waals surface area contributed by atoms with Crippen molar-refractivity contribution in [1.82, 2.24) is 4.57 Å². The van der Waals surface area contributed by atoms with Crippen LogP contribution in [0.1, 0.15) is 28.7 Å². The van der Waals surface area contributed by atoms with Gasteiger partial charge in [-0.25, -0.2) is 0 Å². The molecule has 0 amide bonds. The third kappa shape index (κ3) is 1.91. The Morgan fingerprint density at radius 1 is 1.36 bits per heavy atom. The summed E-state index contributed by atoms with van der Waals surface area (Å²) in [5.41, 5.74) is 6.93. The second-order valence-corrected chi connectivity index (χ2v) is 5.30. The molecule has 6 nitrogen and oxygen atoms in total. The van der Waals surface area contributed by atoms with Crippen molar-refractivity contribution in [2.24, 2.45) is 12.8 Å². The third-order valence-electron chi connectivity index (χ3n) is 3.90. The summed E-state index contributed by atoms with van der Waals surface area (Å²) in [6, 6.07) is 7.31. The smallest absolute Gasteiger partial charge is 0.258 e. The van der Waals surface area contributed by atoms with Crippen LogP contribution < -0.4 is 16.0 Å². The highest BCUT2D eigenvalue weighted by molar-refractivity contribution is 5.53. The number of aromatic nitrogens is 1. The minimum absolute atomic E-state index is 0.00158. The van der Waals surface area contributed by atoms with Crippen molar-refractivity contribution in [1.29, 1.82) is 5.26 Å². The van der Waals surface area contributed by atoms with Crippen molar-refractivity contribution in [2.45, 2.75) is 19.8 Å². The molecular formula is C16H15N3O3. The van der Waals surface area contributed by atoms with Crippen molar-refractivity contribution in [3.63, 3.8) is 0 Å². The second kappa shape index (κ2) is 4.81. The molecule has 1 unspecified atom stereocenters. The number of pyridine rings is 1. The topological polar surface area (TPSA) is 94.2 Å². The van der Waals surface area contributed by atoms with Crippen molar-refractivity contribution in [3.05, 3.63) is 62.8 Å². The average molecular weight is 297 g/mol. The van der Waals surface area contributed by atoms with Crippen LogP contribution in [0.4, 0.5) is 0 Å². The van der Waals surface area contributed by atoms with Crippen LogP contribution in [0.2, 0.25) is 0 Å². The molecule has 0 bridgehead atoms. The molecule has 0 fully saturated rings. The molecule has 2 N–H and O–H groups in total. The molecule has 0 radical (unpaired) electrons. The minimum atomic E-state index is -0.651. The summed E-state index contributed by atoms with van der Waals surface area (Å²) in [7, 11) is 1.68. The number of hydrogen-bond donors (Lipinski definition) is 1. The maximum atomic E-state index is 12.7. The van der Waals surface area contributed by atoms with Gasteiger partial charge in [-0.1, -0.05) is 0 Å². The van der Waals surface area contributed by atoms with E-state index in [2.05, 4.69) is 0 Å². The molecule has 0 saturated carbocycles. The Morgan fingerprint density at radius 3 is 2.68 bits per heavy atom. The van der Waals surface area contributed by atoms with Gasteiger partial charge in [0.1, 0.15) is 28.9 Å². The van der Waals surface area contributed by atoms with Crippen LogP contribution in [-0.4, -0.2) is 4.57 Å². The summed E-state index contributed by atoms with van der Waals surface area (Å²) in [6.07, 6.45) is 0. The number of nitrogens with zero attached hydrogens (tertiary/aromatic N) is 2. The lowest BCUT2D eigenvalue weighted by atomic mass is 9.88. The molecule has 3 rings (SSSR count). The highest BCUT2D eigenvalue weighted by atomic mass is 16.5. The molecule has 0 saturated heterocycles. The molecule has 3 heterocycles. The first kappa shape index (κ1) is 14.0. The van der Waals surface area contributed by atoms with Crippen LogP contribution in [0.25, 0.3) is 0 Å². The fourth-order valence-corrected chi connectivity index (χ4v) is 2.63. The maximum Gasteiger partial charge on any atom is 0.258 e. The molecule has 1 aliphatic rings. The molecule has 1 aliphatic heterocycles. The number of nitrogens with two attached hydrogens (primary N) is 1. The maximum absolute atomic E-state index is 12.7. The Morgan fingerprint density at radius 2 is 2.09 bits per heavy atom. The molecule has 0 spiro atoms. The molecule has 2 aromatic heterocycles. The van der Waals surface area contributed by atoms with Gasteiger partial charge in [0.15, 0.2) is 0 Å². The van der Waals surface area contributed by atoms with Crippen molar-refractivity contribution < 1.29 is 9.15 Å². The Bertz CT molecular complexity index is 896. The first-order valence-corrected chi connectivity index (χ1v) is 6.78. The lowest BCUT2D eigenvalue weighted by molar-refractivity contribution is 0.377. The van der Waals surface area contributed by atoms with Gasteiger partial charge in [-0.2, -0.15) is 5.26 Å². The number of fused-ring (bicyclic) bond motifs is 1. The average Bonchev–Trinajstić information content (AvgIpc) is 2.90. The molecule has 112 valence electrons. The van der Waals surface area contributed by atoms with Gasteiger partial charge in [-0.3, -0.25) is 4.79 Å². The lowest BCUT2D eigenvalue weighted by Crippen LogP contribution is -2.31. The number of allylic oxidation sites excluding steroid dienone is 1. The van der Waals surface area contributed by atoms with Gasteiger partial charge in [0.25, 0.3) is 5.56 Å². The van der Waals surface area contributed by atoms with Crippen LogP contribution in [0.3, 0.4) is 0 Å². The van der Waals surface area contributed by atoms with Gasteiger partial charge in [0.2, 0.25) is 5.88 Å². The van der Waals surface area contributed by atoms with E-state index in [0.717, 1.165) is 5.69 Å². The monoisotopic (exact) mass is 297 g/mol. The number of furan rings is 1. The van der Waals surface area contributed by atoms with Crippen LogP contribution in [-0.2, 0) is 7.05 Å². The van der Waals surface area contributed by atoms with Crippen molar-refractivity contribution >= 4 is 0 Å². The van der Waals surface area contributed by atoms with Gasteiger partial charge in [0, 0.05) is 18.8 Å². The highest BCUT2D eigenvalue weighted by Gasteiger charge is 2.35. The summed E-state index contributed by atoms with van der Waals surface area (Å²) >= 11 is 0. The van der Waals surface area contributed by atoms with E-state index in [1.165, 1.54) is 4.57 Å². The number of nitriles is 1.